The quantitative estimate of drug-likeness (QED) is 0.809. The van der Waals surface area contributed by atoms with Gasteiger partial charge in [0.15, 0.2) is 0 Å². The van der Waals surface area contributed by atoms with Crippen LogP contribution in [0.25, 0.3) is 0 Å². The average molecular weight is 251 g/mol. The second-order valence-electron chi connectivity index (χ2n) is 4.98. The molecule has 0 radical (unpaired) electrons. The standard InChI is InChI=1S/C14H21NO3/c1-14(2,10-16)15(3)9-11-7-5-6-8-12(11)13(17)18-4/h5-8,16H,9-10H2,1-4H3. The summed E-state index contributed by atoms with van der Waals surface area (Å²) in [5, 5.41) is 9.33. The Morgan fingerprint density at radius 2 is 2.00 bits per heavy atom. The Morgan fingerprint density at radius 1 is 1.39 bits per heavy atom. The first-order valence-corrected chi connectivity index (χ1v) is 5.90. The summed E-state index contributed by atoms with van der Waals surface area (Å²) in [7, 11) is 3.30. The van der Waals surface area contributed by atoms with Gasteiger partial charge < -0.3 is 9.84 Å². The Bertz CT molecular complexity index is 415. The second kappa shape index (κ2) is 5.98. The summed E-state index contributed by atoms with van der Waals surface area (Å²) in [5.74, 6) is -0.333. The van der Waals surface area contributed by atoms with Crippen LogP contribution in [0, 0.1) is 0 Å². The van der Waals surface area contributed by atoms with Crippen LogP contribution < -0.4 is 0 Å². The van der Waals surface area contributed by atoms with Crippen LogP contribution in [0.4, 0.5) is 0 Å². The lowest BCUT2D eigenvalue weighted by atomic mass is 10.0. The van der Waals surface area contributed by atoms with Gasteiger partial charge in [-0.1, -0.05) is 18.2 Å². The van der Waals surface area contributed by atoms with Crippen LogP contribution >= 0.6 is 0 Å². The van der Waals surface area contributed by atoms with E-state index in [4.69, 9.17) is 4.74 Å². The molecule has 100 valence electrons. The summed E-state index contributed by atoms with van der Waals surface area (Å²) in [6.45, 7) is 4.55. The van der Waals surface area contributed by atoms with Crippen molar-refractivity contribution in [2.24, 2.45) is 0 Å². The second-order valence-corrected chi connectivity index (χ2v) is 4.98. The highest BCUT2D eigenvalue weighted by molar-refractivity contribution is 5.90. The molecule has 0 bridgehead atoms. The summed E-state index contributed by atoms with van der Waals surface area (Å²) in [4.78, 5) is 13.7. The van der Waals surface area contributed by atoms with E-state index >= 15 is 0 Å². The van der Waals surface area contributed by atoms with Crippen LogP contribution in [0.2, 0.25) is 0 Å². The first kappa shape index (κ1) is 14.7. The molecular weight excluding hydrogens is 230 g/mol. The first-order valence-electron chi connectivity index (χ1n) is 5.90. The lowest BCUT2D eigenvalue weighted by Gasteiger charge is -2.34. The number of carbonyl (C=O) groups is 1. The molecule has 0 aliphatic carbocycles. The van der Waals surface area contributed by atoms with Crippen molar-refractivity contribution in [2.75, 3.05) is 20.8 Å². The minimum Gasteiger partial charge on any atom is -0.465 e. The molecule has 0 fully saturated rings. The predicted octanol–water partition coefficient (Wildman–Crippen LogP) is 1.68. The molecule has 4 heteroatoms. The Kier molecular flexibility index (Phi) is 4.87. The minimum absolute atomic E-state index is 0.0594. The normalized spacial score (nSPS) is 11.7. The van der Waals surface area contributed by atoms with Crippen molar-refractivity contribution in [3.63, 3.8) is 0 Å². The van der Waals surface area contributed by atoms with Gasteiger partial charge in [-0.2, -0.15) is 0 Å². The number of aliphatic hydroxyl groups excluding tert-OH is 1. The van der Waals surface area contributed by atoms with Gasteiger partial charge in [0, 0.05) is 12.1 Å². The van der Waals surface area contributed by atoms with Crippen LogP contribution in [0.5, 0.6) is 0 Å². The van der Waals surface area contributed by atoms with Crippen molar-refractivity contribution in [3.05, 3.63) is 35.4 Å². The molecule has 18 heavy (non-hydrogen) atoms. The summed E-state index contributed by atoms with van der Waals surface area (Å²) < 4.78 is 4.76. The van der Waals surface area contributed by atoms with E-state index in [-0.39, 0.29) is 18.1 Å². The van der Waals surface area contributed by atoms with Crippen molar-refractivity contribution < 1.29 is 14.6 Å². The third-order valence-electron chi connectivity index (χ3n) is 3.25. The third-order valence-corrected chi connectivity index (χ3v) is 3.25. The fourth-order valence-electron chi connectivity index (χ4n) is 1.56. The van der Waals surface area contributed by atoms with Crippen LogP contribution in [-0.4, -0.2) is 42.3 Å². The van der Waals surface area contributed by atoms with E-state index < -0.39 is 0 Å². The Labute approximate surface area is 108 Å². The molecule has 0 atom stereocenters. The molecule has 4 nitrogen and oxygen atoms in total. The number of rotatable bonds is 5. The maximum Gasteiger partial charge on any atom is 0.338 e. The van der Waals surface area contributed by atoms with Gasteiger partial charge in [-0.15, -0.1) is 0 Å². The van der Waals surface area contributed by atoms with Gasteiger partial charge in [-0.3, -0.25) is 4.90 Å². The van der Waals surface area contributed by atoms with Gasteiger partial charge in [-0.25, -0.2) is 4.79 Å². The predicted molar refractivity (Wildman–Crippen MR) is 70.4 cm³/mol. The monoisotopic (exact) mass is 251 g/mol. The zero-order chi connectivity index (χ0) is 13.8. The Morgan fingerprint density at radius 3 is 2.56 bits per heavy atom. The maximum atomic E-state index is 11.6. The molecule has 1 aromatic carbocycles. The molecule has 1 rings (SSSR count). The van der Waals surface area contributed by atoms with Crippen molar-refractivity contribution in [1.29, 1.82) is 0 Å². The number of aliphatic hydroxyl groups is 1. The molecule has 0 heterocycles. The molecule has 1 aromatic rings. The van der Waals surface area contributed by atoms with Crippen molar-refractivity contribution >= 4 is 5.97 Å². The molecular formula is C14H21NO3. The average Bonchev–Trinajstić information content (AvgIpc) is 2.38. The van der Waals surface area contributed by atoms with E-state index in [1.165, 1.54) is 7.11 Å². The fraction of sp³-hybridized carbons (Fsp3) is 0.500. The van der Waals surface area contributed by atoms with E-state index in [1.54, 1.807) is 6.07 Å². The van der Waals surface area contributed by atoms with Crippen molar-refractivity contribution in [2.45, 2.75) is 25.9 Å². The van der Waals surface area contributed by atoms with E-state index in [2.05, 4.69) is 0 Å². The molecule has 0 saturated heterocycles. The molecule has 0 aromatic heterocycles. The summed E-state index contributed by atoms with van der Waals surface area (Å²) >= 11 is 0. The fourth-order valence-corrected chi connectivity index (χ4v) is 1.56. The van der Waals surface area contributed by atoms with E-state index in [0.29, 0.717) is 12.1 Å². The van der Waals surface area contributed by atoms with Gasteiger partial charge >= 0.3 is 5.97 Å². The van der Waals surface area contributed by atoms with Gasteiger partial charge in [0.05, 0.1) is 19.3 Å². The smallest absolute Gasteiger partial charge is 0.338 e. The number of ether oxygens (including phenoxy) is 1. The minimum atomic E-state index is -0.333. The van der Waals surface area contributed by atoms with Gasteiger partial charge in [0.1, 0.15) is 0 Å². The first-order chi connectivity index (χ1) is 8.42. The lowest BCUT2D eigenvalue weighted by Crippen LogP contribution is -2.43. The van der Waals surface area contributed by atoms with Crippen molar-refractivity contribution in [3.8, 4) is 0 Å². The van der Waals surface area contributed by atoms with Crippen LogP contribution in [0.3, 0.4) is 0 Å². The molecule has 1 N–H and O–H groups in total. The number of nitrogens with zero attached hydrogens (tertiary/aromatic N) is 1. The van der Waals surface area contributed by atoms with E-state index in [1.807, 2.05) is 44.0 Å². The van der Waals surface area contributed by atoms with Crippen LogP contribution in [0.1, 0.15) is 29.8 Å². The highest BCUT2D eigenvalue weighted by Crippen LogP contribution is 2.18. The number of benzene rings is 1. The van der Waals surface area contributed by atoms with Gasteiger partial charge in [0.2, 0.25) is 0 Å². The van der Waals surface area contributed by atoms with E-state index in [9.17, 15) is 9.90 Å². The SMILES string of the molecule is COC(=O)c1ccccc1CN(C)C(C)(C)CO. The third kappa shape index (κ3) is 3.31. The molecule has 0 aliphatic heterocycles. The summed E-state index contributed by atoms with van der Waals surface area (Å²) in [5.41, 5.74) is 1.14. The summed E-state index contributed by atoms with van der Waals surface area (Å²) in [6, 6.07) is 7.35. The van der Waals surface area contributed by atoms with E-state index in [0.717, 1.165) is 5.56 Å². The number of esters is 1. The molecule has 0 unspecified atom stereocenters. The largest absolute Gasteiger partial charge is 0.465 e. The van der Waals surface area contributed by atoms with Crippen molar-refractivity contribution in [1.82, 2.24) is 4.90 Å². The molecule has 0 amide bonds. The number of hydrogen-bond acceptors (Lipinski definition) is 4. The number of likely N-dealkylation sites (N-methyl/N-ethyl adjacent to an activating group) is 1. The zero-order valence-corrected chi connectivity index (χ0v) is 11.4. The topological polar surface area (TPSA) is 49.8 Å². The lowest BCUT2D eigenvalue weighted by molar-refractivity contribution is 0.0587. The Hall–Kier alpha value is -1.39. The zero-order valence-electron chi connectivity index (χ0n) is 11.4. The van der Waals surface area contributed by atoms with Gasteiger partial charge in [0.25, 0.3) is 0 Å². The molecule has 0 spiro atoms. The highest BCUT2D eigenvalue weighted by Gasteiger charge is 2.23. The maximum absolute atomic E-state index is 11.6. The van der Waals surface area contributed by atoms with Crippen LogP contribution in [0.15, 0.2) is 24.3 Å². The highest BCUT2D eigenvalue weighted by atomic mass is 16.5. The number of hydrogen-bond donors (Lipinski definition) is 1. The summed E-state index contributed by atoms with van der Waals surface area (Å²) in [6.07, 6.45) is 0. The molecule has 0 aliphatic rings. The Balaban J connectivity index is 2.94. The molecule has 0 saturated carbocycles. The van der Waals surface area contributed by atoms with Gasteiger partial charge in [-0.05, 0) is 32.5 Å². The number of methoxy groups -OCH3 is 1. The number of carbonyl (C=O) groups excluding carboxylic acids is 1. The van der Waals surface area contributed by atoms with Crippen LogP contribution in [-0.2, 0) is 11.3 Å².